The normalized spacial score (nSPS) is 14.3. The van der Waals surface area contributed by atoms with Crippen molar-refractivity contribution < 1.29 is 13.9 Å². The predicted molar refractivity (Wildman–Crippen MR) is 145 cm³/mol. The highest BCUT2D eigenvalue weighted by Gasteiger charge is 2.23. The standard InChI is InChI=1S/C29H32N4O3/c1-31-29(30)33(28-25-8-4-3-7-23(25)20-36-28)26-19-22(11-14-27(26)34-2)21-9-12-24(13-10-21)35-18-17-32-15-5-6-16-32/h3-4,7-14,19-20H,5-6,15-18H2,1-2H3,(H2,30,31). The molecule has 0 radical (unpaired) electrons. The van der Waals surface area contributed by atoms with Crippen LogP contribution < -0.4 is 20.1 Å². The third-order valence-electron chi connectivity index (χ3n) is 6.63. The number of anilines is 2. The van der Waals surface area contributed by atoms with Gasteiger partial charge in [-0.25, -0.2) is 4.90 Å². The molecule has 7 heteroatoms. The van der Waals surface area contributed by atoms with Gasteiger partial charge in [-0.05, 0) is 67.4 Å². The minimum atomic E-state index is 0.298. The third kappa shape index (κ3) is 4.88. The zero-order chi connectivity index (χ0) is 24.9. The van der Waals surface area contributed by atoms with Crippen LogP contribution in [0.15, 0.2) is 82.4 Å². The van der Waals surface area contributed by atoms with Gasteiger partial charge in [0.2, 0.25) is 11.8 Å². The fraction of sp³-hybridized carbons (Fsp3) is 0.276. The first-order chi connectivity index (χ1) is 17.7. The number of furan rings is 1. The smallest absolute Gasteiger partial charge is 0.214 e. The zero-order valence-electron chi connectivity index (χ0n) is 20.8. The van der Waals surface area contributed by atoms with Crippen molar-refractivity contribution in [1.82, 2.24) is 4.90 Å². The Morgan fingerprint density at radius 3 is 2.53 bits per heavy atom. The van der Waals surface area contributed by atoms with Crippen LogP contribution in [0.4, 0.5) is 11.6 Å². The van der Waals surface area contributed by atoms with E-state index in [1.165, 1.54) is 25.9 Å². The van der Waals surface area contributed by atoms with Gasteiger partial charge in [0.05, 0.1) is 12.8 Å². The summed E-state index contributed by atoms with van der Waals surface area (Å²) in [5.41, 5.74) is 9.21. The van der Waals surface area contributed by atoms with E-state index in [2.05, 4.69) is 22.0 Å². The highest BCUT2D eigenvalue weighted by atomic mass is 16.5. The molecule has 0 spiro atoms. The lowest BCUT2D eigenvalue weighted by atomic mass is 10.0. The second-order valence-electron chi connectivity index (χ2n) is 8.85. The van der Waals surface area contributed by atoms with Crippen molar-refractivity contribution in [3.63, 3.8) is 0 Å². The van der Waals surface area contributed by atoms with E-state index < -0.39 is 0 Å². The maximum Gasteiger partial charge on any atom is 0.214 e. The average molecular weight is 485 g/mol. The molecule has 1 aromatic heterocycles. The summed E-state index contributed by atoms with van der Waals surface area (Å²) in [7, 11) is 3.30. The quantitative estimate of drug-likeness (QED) is 0.257. The van der Waals surface area contributed by atoms with Crippen LogP contribution in [0.3, 0.4) is 0 Å². The first kappa shape index (κ1) is 23.8. The third-order valence-corrected chi connectivity index (χ3v) is 6.63. The molecule has 0 bridgehead atoms. The topological polar surface area (TPSA) is 76.5 Å². The molecule has 186 valence electrons. The van der Waals surface area contributed by atoms with Crippen LogP contribution in [0, 0.1) is 0 Å². The van der Waals surface area contributed by atoms with E-state index in [9.17, 15) is 0 Å². The molecule has 2 N–H and O–H groups in total. The molecular formula is C29H32N4O3. The Morgan fingerprint density at radius 2 is 1.78 bits per heavy atom. The Morgan fingerprint density at radius 1 is 1.03 bits per heavy atom. The monoisotopic (exact) mass is 484 g/mol. The van der Waals surface area contributed by atoms with Gasteiger partial charge in [-0.1, -0.05) is 36.4 Å². The van der Waals surface area contributed by atoms with Crippen molar-refractivity contribution in [3.05, 3.63) is 73.0 Å². The molecule has 2 heterocycles. The zero-order valence-corrected chi connectivity index (χ0v) is 20.8. The van der Waals surface area contributed by atoms with Crippen molar-refractivity contribution >= 4 is 28.3 Å². The molecule has 5 rings (SSSR count). The summed E-state index contributed by atoms with van der Waals surface area (Å²) in [5.74, 6) is 2.42. The van der Waals surface area contributed by atoms with Gasteiger partial charge in [-0.2, -0.15) is 0 Å². The van der Waals surface area contributed by atoms with Crippen LogP contribution in [0.2, 0.25) is 0 Å². The van der Waals surface area contributed by atoms with Gasteiger partial charge in [0.15, 0.2) is 0 Å². The summed E-state index contributed by atoms with van der Waals surface area (Å²) in [6.45, 7) is 4.04. The van der Waals surface area contributed by atoms with E-state index in [0.29, 0.717) is 24.2 Å². The molecule has 1 aliphatic heterocycles. The highest BCUT2D eigenvalue weighted by Crippen LogP contribution is 2.40. The molecule has 1 fully saturated rings. The Hall–Kier alpha value is -3.97. The molecule has 0 amide bonds. The van der Waals surface area contributed by atoms with Crippen molar-refractivity contribution in [3.8, 4) is 22.6 Å². The van der Waals surface area contributed by atoms with Gasteiger partial charge in [0.25, 0.3) is 0 Å². The molecule has 0 unspecified atom stereocenters. The van der Waals surface area contributed by atoms with Gasteiger partial charge < -0.3 is 19.6 Å². The van der Waals surface area contributed by atoms with Crippen LogP contribution in [0.25, 0.3) is 21.9 Å². The van der Waals surface area contributed by atoms with E-state index in [1.54, 1.807) is 25.3 Å². The molecule has 3 aromatic carbocycles. The van der Waals surface area contributed by atoms with Crippen LogP contribution in [-0.4, -0.2) is 51.3 Å². The lowest BCUT2D eigenvalue weighted by molar-refractivity contribution is 0.238. The van der Waals surface area contributed by atoms with Crippen molar-refractivity contribution in [1.29, 1.82) is 0 Å². The van der Waals surface area contributed by atoms with E-state index in [1.807, 2.05) is 54.6 Å². The van der Waals surface area contributed by atoms with E-state index in [0.717, 1.165) is 39.9 Å². The van der Waals surface area contributed by atoms with Crippen LogP contribution in [-0.2, 0) is 0 Å². The van der Waals surface area contributed by atoms with Gasteiger partial charge in [-0.3, -0.25) is 9.89 Å². The molecular weight excluding hydrogens is 452 g/mol. The molecule has 7 nitrogen and oxygen atoms in total. The van der Waals surface area contributed by atoms with E-state index in [-0.39, 0.29) is 0 Å². The number of hydrogen-bond acceptors (Lipinski definition) is 5. The summed E-state index contributed by atoms with van der Waals surface area (Å²) in [6, 6.07) is 22.1. The molecule has 1 saturated heterocycles. The second-order valence-corrected chi connectivity index (χ2v) is 8.85. The van der Waals surface area contributed by atoms with Gasteiger partial charge in [0.1, 0.15) is 24.4 Å². The minimum Gasteiger partial charge on any atom is -0.495 e. The number of hydrogen-bond donors (Lipinski definition) is 1. The first-order valence-electron chi connectivity index (χ1n) is 12.3. The maximum atomic E-state index is 6.40. The number of nitrogens with zero attached hydrogens (tertiary/aromatic N) is 3. The number of nitrogens with two attached hydrogens (primary N) is 1. The van der Waals surface area contributed by atoms with Crippen LogP contribution in [0.1, 0.15) is 12.8 Å². The number of ether oxygens (including phenoxy) is 2. The Labute approximate surface area is 211 Å². The maximum absolute atomic E-state index is 6.40. The molecule has 0 saturated carbocycles. The number of likely N-dealkylation sites (tertiary alicyclic amines) is 1. The number of methoxy groups -OCH3 is 1. The summed E-state index contributed by atoms with van der Waals surface area (Å²) >= 11 is 0. The lowest BCUT2D eigenvalue weighted by Crippen LogP contribution is -2.33. The van der Waals surface area contributed by atoms with Crippen molar-refractivity contribution in [2.75, 3.05) is 45.3 Å². The highest BCUT2D eigenvalue weighted by molar-refractivity contribution is 6.08. The fourth-order valence-corrected chi connectivity index (χ4v) is 4.67. The SMILES string of the molecule is CN=C(N)N(c1cc(-c2ccc(OCCN3CCCC3)cc2)ccc1OC)c1occ2ccccc12. The van der Waals surface area contributed by atoms with Gasteiger partial charge in [0, 0.05) is 24.4 Å². The second kappa shape index (κ2) is 10.7. The summed E-state index contributed by atoms with van der Waals surface area (Å²) in [6.07, 6.45) is 4.31. The fourth-order valence-electron chi connectivity index (χ4n) is 4.67. The molecule has 36 heavy (non-hydrogen) atoms. The summed E-state index contributed by atoms with van der Waals surface area (Å²) in [5, 5.41) is 1.92. The Kier molecular flexibility index (Phi) is 7.09. The summed E-state index contributed by atoms with van der Waals surface area (Å²) in [4.78, 5) is 8.50. The molecule has 4 aromatic rings. The number of guanidine groups is 1. The van der Waals surface area contributed by atoms with E-state index >= 15 is 0 Å². The molecule has 0 atom stereocenters. The Balaban J connectivity index is 1.43. The first-order valence-corrected chi connectivity index (χ1v) is 12.3. The predicted octanol–water partition coefficient (Wildman–Crippen LogP) is 5.67. The number of rotatable bonds is 8. The minimum absolute atomic E-state index is 0.298. The van der Waals surface area contributed by atoms with Gasteiger partial charge >= 0.3 is 0 Å². The van der Waals surface area contributed by atoms with Crippen molar-refractivity contribution in [2.45, 2.75) is 12.8 Å². The number of benzene rings is 3. The lowest BCUT2D eigenvalue weighted by Gasteiger charge is -2.24. The average Bonchev–Trinajstić information content (AvgIpc) is 3.60. The van der Waals surface area contributed by atoms with Crippen LogP contribution >= 0.6 is 0 Å². The number of aliphatic imine (C=N–C) groups is 1. The largest absolute Gasteiger partial charge is 0.495 e. The molecule has 0 aliphatic carbocycles. The van der Waals surface area contributed by atoms with Gasteiger partial charge in [-0.15, -0.1) is 0 Å². The number of fused-ring (bicyclic) bond motifs is 1. The van der Waals surface area contributed by atoms with Crippen molar-refractivity contribution in [2.24, 2.45) is 10.7 Å². The van der Waals surface area contributed by atoms with Crippen LogP contribution in [0.5, 0.6) is 11.5 Å². The summed E-state index contributed by atoms with van der Waals surface area (Å²) < 4.78 is 17.7. The van der Waals surface area contributed by atoms with E-state index in [4.69, 9.17) is 19.6 Å². The molecule has 1 aliphatic rings. The Bertz CT molecular complexity index is 1340.